The lowest BCUT2D eigenvalue weighted by Gasteiger charge is -2.28. The van der Waals surface area contributed by atoms with E-state index >= 15 is 0 Å². The maximum Gasteiger partial charge on any atom is 0.325 e. The summed E-state index contributed by atoms with van der Waals surface area (Å²) in [7, 11) is 0. The number of carbonyl (C=O) groups is 3. The van der Waals surface area contributed by atoms with Gasteiger partial charge in [-0.05, 0) is 32.8 Å². The first kappa shape index (κ1) is 17.0. The molecule has 1 atom stereocenters. The van der Waals surface area contributed by atoms with Crippen LogP contribution in [0.2, 0.25) is 0 Å². The fraction of sp³-hybridized carbons (Fsp3) is 0.471. The van der Waals surface area contributed by atoms with E-state index in [4.69, 9.17) is 0 Å². The van der Waals surface area contributed by atoms with Crippen LogP contribution in [0.3, 0.4) is 0 Å². The zero-order valence-corrected chi connectivity index (χ0v) is 14.0. The molecular weight excluding hydrogens is 294 g/mol. The molecular formula is C17H23N3O3. The van der Waals surface area contributed by atoms with Gasteiger partial charge in [0.1, 0.15) is 12.1 Å². The van der Waals surface area contributed by atoms with Gasteiger partial charge in [0.15, 0.2) is 0 Å². The zero-order chi connectivity index (χ0) is 17.3. The van der Waals surface area contributed by atoms with E-state index in [1.807, 2.05) is 51.1 Å². The Morgan fingerprint density at radius 2 is 1.87 bits per heavy atom. The minimum atomic E-state index is -0.924. The lowest BCUT2D eigenvalue weighted by molar-refractivity contribution is -0.135. The summed E-state index contributed by atoms with van der Waals surface area (Å²) >= 11 is 0. The van der Waals surface area contributed by atoms with Crippen LogP contribution >= 0.6 is 0 Å². The van der Waals surface area contributed by atoms with Crippen LogP contribution in [0.4, 0.5) is 4.79 Å². The van der Waals surface area contributed by atoms with Crippen LogP contribution in [0.15, 0.2) is 30.3 Å². The summed E-state index contributed by atoms with van der Waals surface area (Å²) < 4.78 is 0. The van der Waals surface area contributed by atoms with Gasteiger partial charge in [-0.15, -0.1) is 0 Å². The van der Waals surface area contributed by atoms with E-state index < -0.39 is 17.1 Å². The largest absolute Gasteiger partial charge is 0.346 e. The van der Waals surface area contributed by atoms with Crippen LogP contribution in [-0.2, 0) is 15.1 Å². The molecule has 6 heteroatoms. The Labute approximate surface area is 136 Å². The standard InChI is InChI=1S/C17H23N3O3/c1-5-17(4)14(22)20(15(23)19-17)11-13(21)18-16(2,3)12-9-7-6-8-10-12/h6-10H,5,11H2,1-4H3,(H,18,21)(H,19,23). The van der Waals surface area contributed by atoms with E-state index in [-0.39, 0.29) is 18.4 Å². The van der Waals surface area contributed by atoms with E-state index in [0.717, 1.165) is 10.5 Å². The molecule has 2 rings (SSSR count). The molecule has 1 saturated heterocycles. The average Bonchev–Trinajstić information content (AvgIpc) is 2.72. The van der Waals surface area contributed by atoms with E-state index in [0.29, 0.717) is 6.42 Å². The zero-order valence-electron chi connectivity index (χ0n) is 14.0. The predicted octanol–water partition coefficient (Wildman–Crippen LogP) is 1.76. The highest BCUT2D eigenvalue weighted by Gasteiger charge is 2.47. The van der Waals surface area contributed by atoms with Crippen molar-refractivity contribution in [2.75, 3.05) is 6.54 Å². The molecule has 23 heavy (non-hydrogen) atoms. The molecule has 0 aromatic heterocycles. The average molecular weight is 317 g/mol. The van der Waals surface area contributed by atoms with Crippen molar-refractivity contribution in [1.29, 1.82) is 0 Å². The van der Waals surface area contributed by atoms with Gasteiger partial charge >= 0.3 is 6.03 Å². The molecule has 2 N–H and O–H groups in total. The first-order valence-electron chi connectivity index (χ1n) is 7.70. The third-order valence-electron chi connectivity index (χ3n) is 4.30. The number of imide groups is 1. The molecule has 6 nitrogen and oxygen atoms in total. The first-order chi connectivity index (χ1) is 10.7. The maximum atomic E-state index is 12.3. The van der Waals surface area contributed by atoms with E-state index in [9.17, 15) is 14.4 Å². The fourth-order valence-corrected chi connectivity index (χ4v) is 2.59. The number of hydrogen-bond donors (Lipinski definition) is 2. The second-order valence-electron chi connectivity index (χ2n) is 6.55. The van der Waals surface area contributed by atoms with Gasteiger partial charge in [0.05, 0.1) is 5.54 Å². The Balaban J connectivity index is 2.06. The van der Waals surface area contributed by atoms with Crippen LogP contribution in [0.25, 0.3) is 0 Å². The van der Waals surface area contributed by atoms with Gasteiger partial charge in [0.2, 0.25) is 5.91 Å². The number of benzene rings is 1. The van der Waals surface area contributed by atoms with Crippen molar-refractivity contribution >= 4 is 17.8 Å². The van der Waals surface area contributed by atoms with E-state index in [1.54, 1.807) is 6.92 Å². The second-order valence-corrected chi connectivity index (χ2v) is 6.55. The van der Waals surface area contributed by atoms with Gasteiger partial charge in [0, 0.05) is 0 Å². The van der Waals surface area contributed by atoms with Crippen molar-refractivity contribution in [3.05, 3.63) is 35.9 Å². The van der Waals surface area contributed by atoms with Crippen LogP contribution in [-0.4, -0.2) is 34.8 Å². The molecule has 1 aliphatic rings. The molecule has 1 aliphatic heterocycles. The molecule has 4 amide bonds. The van der Waals surface area contributed by atoms with Crippen LogP contribution in [0, 0.1) is 0 Å². The highest BCUT2D eigenvalue weighted by atomic mass is 16.2. The lowest BCUT2D eigenvalue weighted by atomic mass is 9.94. The van der Waals surface area contributed by atoms with Crippen molar-refractivity contribution in [1.82, 2.24) is 15.5 Å². The number of rotatable bonds is 5. The second kappa shape index (κ2) is 6.02. The quantitative estimate of drug-likeness (QED) is 0.812. The Morgan fingerprint density at radius 3 is 2.39 bits per heavy atom. The molecule has 1 heterocycles. The van der Waals surface area contributed by atoms with Crippen molar-refractivity contribution in [2.45, 2.75) is 45.2 Å². The van der Waals surface area contributed by atoms with E-state index in [2.05, 4.69) is 10.6 Å². The summed E-state index contributed by atoms with van der Waals surface area (Å²) in [5.74, 6) is -0.736. The van der Waals surface area contributed by atoms with Gasteiger partial charge in [-0.1, -0.05) is 37.3 Å². The minimum absolute atomic E-state index is 0.281. The predicted molar refractivity (Wildman–Crippen MR) is 86.6 cm³/mol. The van der Waals surface area contributed by atoms with Crippen LogP contribution < -0.4 is 10.6 Å². The number of hydrogen-bond acceptors (Lipinski definition) is 3. The molecule has 1 fully saturated rings. The van der Waals surface area contributed by atoms with Gasteiger partial charge in [-0.3, -0.25) is 14.5 Å². The Hall–Kier alpha value is -2.37. The van der Waals surface area contributed by atoms with Crippen molar-refractivity contribution in [3.63, 3.8) is 0 Å². The number of urea groups is 1. The Kier molecular flexibility index (Phi) is 4.45. The number of nitrogens with zero attached hydrogens (tertiary/aromatic N) is 1. The highest BCUT2D eigenvalue weighted by molar-refractivity contribution is 6.08. The van der Waals surface area contributed by atoms with Gasteiger partial charge < -0.3 is 10.6 Å². The highest BCUT2D eigenvalue weighted by Crippen LogP contribution is 2.22. The molecule has 0 radical (unpaired) electrons. The van der Waals surface area contributed by atoms with Crippen molar-refractivity contribution in [3.8, 4) is 0 Å². The smallest absolute Gasteiger partial charge is 0.325 e. The molecule has 1 unspecified atom stereocenters. The molecule has 0 spiro atoms. The fourth-order valence-electron chi connectivity index (χ4n) is 2.59. The molecule has 0 bridgehead atoms. The summed E-state index contributed by atoms with van der Waals surface area (Å²) in [6.45, 7) is 6.96. The molecule has 1 aromatic carbocycles. The van der Waals surface area contributed by atoms with Crippen LogP contribution in [0.5, 0.6) is 0 Å². The minimum Gasteiger partial charge on any atom is -0.346 e. The van der Waals surface area contributed by atoms with E-state index in [1.165, 1.54) is 0 Å². The Morgan fingerprint density at radius 1 is 1.26 bits per heavy atom. The number of nitrogens with one attached hydrogen (secondary N) is 2. The van der Waals surface area contributed by atoms with Gasteiger partial charge in [0.25, 0.3) is 5.91 Å². The Bertz CT molecular complexity index is 627. The number of carbonyl (C=O) groups excluding carboxylic acids is 3. The normalized spacial score (nSPS) is 21.3. The molecule has 0 aliphatic carbocycles. The SMILES string of the molecule is CCC1(C)NC(=O)N(CC(=O)NC(C)(C)c2ccccc2)C1=O. The third kappa shape index (κ3) is 3.36. The topological polar surface area (TPSA) is 78.5 Å². The third-order valence-corrected chi connectivity index (χ3v) is 4.30. The molecule has 124 valence electrons. The summed E-state index contributed by atoms with van der Waals surface area (Å²) in [4.78, 5) is 37.5. The summed E-state index contributed by atoms with van der Waals surface area (Å²) in [6.07, 6.45) is 0.477. The van der Waals surface area contributed by atoms with Crippen LogP contribution in [0.1, 0.15) is 39.7 Å². The lowest BCUT2D eigenvalue weighted by Crippen LogP contribution is -2.48. The monoisotopic (exact) mass is 317 g/mol. The van der Waals surface area contributed by atoms with Gasteiger partial charge in [-0.2, -0.15) is 0 Å². The summed E-state index contributed by atoms with van der Waals surface area (Å²) in [6, 6.07) is 9.01. The summed E-state index contributed by atoms with van der Waals surface area (Å²) in [5.41, 5.74) is -0.568. The molecule has 0 saturated carbocycles. The summed E-state index contributed by atoms with van der Waals surface area (Å²) in [5, 5.41) is 5.51. The molecule has 1 aromatic rings. The van der Waals surface area contributed by atoms with Crippen molar-refractivity contribution in [2.24, 2.45) is 0 Å². The number of amides is 4. The van der Waals surface area contributed by atoms with Crippen molar-refractivity contribution < 1.29 is 14.4 Å². The van der Waals surface area contributed by atoms with Gasteiger partial charge in [-0.25, -0.2) is 4.79 Å². The maximum absolute atomic E-state index is 12.3. The first-order valence-corrected chi connectivity index (χ1v) is 7.70.